The molecule has 24 heavy (non-hydrogen) atoms. The molecule has 1 saturated carbocycles. The van der Waals surface area contributed by atoms with Gasteiger partial charge in [0.05, 0.1) is 10.0 Å². The van der Waals surface area contributed by atoms with Gasteiger partial charge < -0.3 is 15.4 Å². The number of halogens is 2. The predicted molar refractivity (Wildman–Crippen MR) is 90.2 cm³/mol. The summed E-state index contributed by atoms with van der Waals surface area (Å²) in [7, 11) is 0. The van der Waals surface area contributed by atoms with Crippen LogP contribution in [0.1, 0.15) is 36.0 Å². The molecule has 0 heterocycles. The summed E-state index contributed by atoms with van der Waals surface area (Å²) in [6, 6.07) is 4.55. The van der Waals surface area contributed by atoms with E-state index in [9.17, 15) is 14.4 Å². The van der Waals surface area contributed by atoms with Gasteiger partial charge in [0, 0.05) is 11.6 Å². The Morgan fingerprint density at radius 2 is 1.83 bits per heavy atom. The second-order valence-corrected chi connectivity index (χ2v) is 6.34. The molecule has 8 heteroatoms. The van der Waals surface area contributed by atoms with Crippen LogP contribution in [0.3, 0.4) is 0 Å². The molecule has 0 spiro atoms. The van der Waals surface area contributed by atoms with Crippen LogP contribution in [0.2, 0.25) is 10.0 Å². The maximum absolute atomic E-state index is 11.9. The standard InChI is InChI=1S/C16H18Cl2N2O4/c17-12-6-5-10(7-13(12)18)16(23)19-8-15(22)24-9-14(21)20-11-3-1-2-4-11/h5-7,11H,1-4,8-9H2,(H,19,23)(H,20,21). The fraction of sp³-hybridized carbons (Fsp3) is 0.438. The van der Waals surface area contributed by atoms with Gasteiger partial charge in [0.2, 0.25) is 0 Å². The minimum Gasteiger partial charge on any atom is -0.454 e. The number of carbonyl (C=O) groups is 3. The van der Waals surface area contributed by atoms with Crippen molar-refractivity contribution in [2.24, 2.45) is 0 Å². The molecule has 0 atom stereocenters. The van der Waals surface area contributed by atoms with E-state index in [0.29, 0.717) is 5.02 Å². The second-order valence-electron chi connectivity index (χ2n) is 5.52. The second kappa shape index (κ2) is 8.89. The lowest BCUT2D eigenvalue weighted by molar-refractivity contribution is -0.147. The Bertz CT molecular complexity index is 631. The first-order valence-electron chi connectivity index (χ1n) is 7.64. The van der Waals surface area contributed by atoms with Gasteiger partial charge in [-0.1, -0.05) is 36.0 Å². The highest BCUT2D eigenvalue weighted by Gasteiger charge is 2.18. The third-order valence-electron chi connectivity index (χ3n) is 3.66. The number of amides is 2. The predicted octanol–water partition coefficient (Wildman–Crippen LogP) is 2.33. The Hall–Kier alpha value is -1.79. The molecular weight excluding hydrogens is 355 g/mol. The molecule has 0 unspecified atom stereocenters. The van der Waals surface area contributed by atoms with E-state index in [1.807, 2.05) is 0 Å². The number of esters is 1. The van der Waals surface area contributed by atoms with E-state index in [1.165, 1.54) is 18.2 Å². The number of benzene rings is 1. The molecule has 2 amide bonds. The minimum atomic E-state index is -0.690. The molecule has 1 aromatic carbocycles. The van der Waals surface area contributed by atoms with Gasteiger partial charge in [0.1, 0.15) is 6.54 Å². The topological polar surface area (TPSA) is 84.5 Å². The number of nitrogens with one attached hydrogen (secondary N) is 2. The number of rotatable bonds is 6. The van der Waals surface area contributed by atoms with Gasteiger partial charge in [-0.25, -0.2) is 0 Å². The highest BCUT2D eigenvalue weighted by atomic mass is 35.5. The number of hydrogen-bond donors (Lipinski definition) is 2. The summed E-state index contributed by atoms with van der Waals surface area (Å²) in [6.07, 6.45) is 4.12. The van der Waals surface area contributed by atoms with Crippen molar-refractivity contribution in [3.8, 4) is 0 Å². The van der Waals surface area contributed by atoms with Gasteiger partial charge in [-0.3, -0.25) is 14.4 Å². The lowest BCUT2D eigenvalue weighted by atomic mass is 10.2. The largest absolute Gasteiger partial charge is 0.454 e. The van der Waals surface area contributed by atoms with Crippen LogP contribution in [-0.2, 0) is 14.3 Å². The number of carbonyl (C=O) groups excluding carboxylic acids is 3. The lowest BCUT2D eigenvalue weighted by Gasteiger charge is -2.12. The van der Waals surface area contributed by atoms with Gasteiger partial charge >= 0.3 is 5.97 Å². The molecule has 130 valence electrons. The zero-order valence-electron chi connectivity index (χ0n) is 12.9. The third kappa shape index (κ3) is 5.69. The fourth-order valence-electron chi connectivity index (χ4n) is 2.43. The molecule has 0 saturated heterocycles. The Kier molecular flexibility index (Phi) is 6.87. The van der Waals surface area contributed by atoms with Crippen molar-refractivity contribution in [1.29, 1.82) is 0 Å². The molecule has 1 fully saturated rings. The van der Waals surface area contributed by atoms with Gasteiger partial charge in [-0.05, 0) is 31.0 Å². The Morgan fingerprint density at radius 1 is 1.12 bits per heavy atom. The summed E-state index contributed by atoms with van der Waals surface area (Å²) < 4.78 is 4.83. The molecule has 2 rings (SSSR count). The van der Waals surface area contributed by atoms with Crippen molar-refractivity contribution >= 4 is 41.0 Å². The third-order valence-corrected chi connectivity index (χ3v) is 4.40. The van der Waals surface area contributed by atoms with Gasteiger partial charge in [-0.2, -0.15) is 0 Å². The molecule has 0 aliphatic heterocycles. The lowest BCUT2D eigenvalue weighted by Crippen LogP contribution is -2.37. The maximum atomic E-state index is 11.9. The van der Waals surface area contributed by atoms with Gasteiger partial charge in [0.15, 0.2) is 6.61 Å². The van der Waals surface area contributed by atoms with Crippen molar-refractivity contribution < 1.29 is 19.1 Å². The maximum Gasteiger partial charge on any atom is 0.325 e. The highest BCUT2D eigenvalue weighted by Crippen LogP contribution is 2.22. The van der Waals surface area contributed by atoms with Crippen LogP contribution in [0.4, 0.5) is 0 Å². The van der Waals surface area contributed by atoms with E-state index in [0.717, 1.165) is 25.7 Å². The summed E-state index contributed by atoms with van der Waals surface area (Å²) in [6.45, 7) is -0.687. The van der Waals surface area contributed by atoms with Crippen LogP contribution in [-0.4, -0.2) is 37.0 Å². The van der Waals surface area contributed by atoms with Crippen LogP contribution < -0.4 is 10.6 Å². The quantitative estimate of drug-likeness (QED) is 0.750. The average molecular weight is 373 g/mol. The van der Waals surface area contributed by atoms with E-state index >= 15 is 0 Å². The minimum absolute atomic E-state index is 0.172. The molecular formula is C16H18Cl2N2O4. The van der Waals surface area contributed by atoms with E-state index in [2.05, 4.69) is 10.6 Å². The molecule has 6 nitrogen and oxygen atoms in total. The first-order chi connectivity index (χ1) is 11.5. The van der Waals surface area contributed by atoms with Crippen molar-refractivity contribution in [3.05, 3.63) is 33.8 Å². The van der Waals surface area contributed by atoms with Crippen LogP contribution in [0.5, 0.6) is 0 Å². The van der Waals surface area contributed by atoms with E-state index < -0.39 is 11.9 Å². The monoisotopic (exact) mass is 372 g/mol. The molecule has 0 aromatic heterocycles. The smallest absolute Gasteiger partial charge is 0.325 e. The summed E-state index contributed by atoms with van der Waals surface area (Å²) in [5.74, 6) is -1.50. The fourth-order valence-corrected chi connectivity index (χ4v) is 2.73. The molecule has 1 aromatic rings. The molecule has 0 bridgehead atoms. The Morgan fingerprint density at radius 3 is 2.50 bits per heavy atom. The molecule has 2 N–H and O–H groups in total. The molecule has 1 aliphatic rings. The van der Waals surface area contributed by atoms with Crippen molar-refractivity contribution in [2.75, 3.05) is 13.2 Å². The summed E-state index contributed by atoms with van der Waals surface area (Å²) >= 11 is 11.6. The van der Waals surface area contributed by atoms with Gasteiger partial charge in [-0.15, -0.1) is 0 Å². The van der Waals surface area contributed by atoms with Crippen LogP contribution in [0.25, 0.3) is 0 Å². The summed E-state index contributed by atoms with van der Waals surface area (Å²) in [4.78, 5) is 35.1. The first kappa shape index (κ1) is 18.5. The average Bonchev–Trinajstić information content (AvgIpc) is 3.06. The zero-order chi connectivity index (χ0) is 17.5. The highest BCUT2D eigenvalue weighted by molar-refractivity contribution is 6.42. The normalized spacial score (nSPS) is 14.2. The van der Waals surface area contributed by atoms with Crippen LogP contribution >= 0.6 is 23.2 Å². The molecule has 0 radical (unpaired) electrons. The van der Waals surface area contributed by atoms with E-state index in [-0.39, 0.29) is 35.7 Å². The van der Waals surface area contributed by atoms with E-state index in [1.54, 1.807) is 0 Å². The number of hydrogen-bond acceptors (Lipinski definition) is 4. The SMILES string of the molecule is O=C(COC(=O)CNC(=O)c1ccc(Cl)c(Cl)c1)NC1CCCC1. The van der Waals surface area contributed by atoms with E-state index in [4.69, 9.17) is 27.9 Å². The van der Waals surface area contributed by atoms with Crippen molar-refractivity contribution in [3.63, 3.8) is 0 Å². The summed E-state index contributed by atoms with van der Waals surface area (Å²) in [5.41, 5.74) is 0.274. The Balaban J connectivity index is 1.69. The molecule has 1 aliphatic carbocycles. The Labute approximate surface area is 149 Å². The van der Waals surface area contributed by atoms with Crippen molar-refractivity contribution in [2.45, 2.75) is 31.7 Å². The number of ether oxygens (including phenoxy) is 1. The van der Waals surface area contributed by atoms with Crippen LogP contribution in [0.15, 0.2) is 18.2 Å². The van der Waals surface area contributed by atoms with Crippen LogP contribution in [0, 0.1) is 0 Å². The summed E-state index contributed by atoms with van der Waals surface area (Å²) in [5, 5.41) is 5.78. The zero-order valence-corrected chi connectivity index (χ0v) is 14.5. The van der Waals surface area contributed by atoms with Crippen molar-refractivity contribution in [1.82, 2.24) is 10.6 Å². The first-order valence-corrected chi connectivity index (χ1v) is 8.39. The van der Waals surface area contributed by atoms with Gasteiger partial charge in [0.25, 0.3) is 11.8 Å².